The molecule has 0 N–H and O–H groups in total. The molecule has 3 fully saturated rings. The van der Waals surface area contributed by atoms with E-state index in [9.17, 15) is 0 Å². The van der Waals surface area contributed by atoms with Gasteiger partial charge in [0.2, 0.25) is 0 Å². The van der Waals surface area contributed by atoms with Gasteiger partial charge in [-0.1, -0.05) is 13.3 Å². The molecule has 74 valence electrons. The van der Waals surface area contributed by atoms with E-state index in [0.29, 0.717) is 0 Å². The minimum absolute atomic E-state index is 0.985. The van der Waals surface area contributed by atoms with E-state index in [2.05, 4.69) is 11.8 Å². The Kier molecular flexibility index (Phi) is 1.90. The highest BCUT2D eigenvalue weighted by molar-refractivity contribution is 4.92. The van der Waals surface area contributed by atoms with Crippen LogP contribution in [0, 0.1) is 23.7 Å². The fourth-order valence-corrected chi connectivity index (χ4v) is 3.91. The molecule has 2 aliphatic carbocycles. The maximum atomic E-state index is 2.68. The molecule has 1 aliphatic heterocycles. The highest BCUT2D eigenvalue weighted by atomic mass is 15.2. The van der Waals surface area contributed by atoms with Crippen molar-refractivity contribution in [2.24, 2.45) is 23.7 Å². The number of rotatable bonds is 2. The van der Waals surface area contributed by atoms with Crippen molar-refractivity contribution in [3.63, 3.8) is 0 Å². The smallest absolute Gasteiger partial charge is 0.00195 e. The quantitative estimate of drug-likeness (QED) is 0.629. The molecule has 0 aromatic rings. The molecule has 13 heavy (non-hydrogen) atoms. The third kappa shape index (κ3) is 1.41. The average Bonchev–Trinajstić information content (AvgIpc) is 2.62. The van der Waals surface area contributed by atoms with Crippen molar-refractivity contribution in [1.82, 2.24) is 4.90 Å². The summed E-state index contributed by atoms with van der Waals surface area (Å²) in [6, 6.07) is 0. The molecule has 0 aromatic heterocycles. The normalized spacial score (nSPS) is 45.5. The second-order valence-electron chi connectivity index (χ2n) is 5.76. The Balaban J connectivity index is 1.51. The zero-order valence-electron chi connectivity index (χ0n) is 8.71. The van der Waals surface area contributed by atoms with Gasteiger partial charge >= 0.3 is 0 Å². The van der Waals surface area contributed by atoms with E-state index in [1.165, 1.54) is 19.6 Å². The van der Waals surface area contributed by atoms with Gasteiger partial charge in [0.25, 0.3) is 0 Å². The van der Waals surface area contributed by atoms with Crippen molar-refractivity contribution in [3.8, 4) is 0 Å². The first-order chi connectivity index (χ1) is 6.31. The van der Waals surface area contributed by atoms with E-state index >= 15 is 0 Å². The summed E-state index contributed by atoms with van der Waals surface area (Å²) in [4.78, 5) is 2.68. The monoisotopic (exact) mass is 179 g/mol. The zero-order chi connectivity index (χ0) is 8.84. The Morgan fingerprint density at radius 3 is 2.54 bits per heavy atom. The molecule has 1 heteroatoms. The first kappa shape index (κ1) is 8.28. The largest absolute Gasteiger partial charge is 0.302 e. The number of nitrogens with zero attached hydrogens (tertiary/aromatic N) is 1. The summed E-state index contributed by atoms with van der Waals surface area (Å²) in [6.07, 6.45) is 6.25. The molecule has 3 rings (SSSR count). The summed E-state index contributed by atoms with van der Waals surface area (Å²) >= 11 is 0. The van der Waals surface area contributed by atoms with Gasteiger partial charge in [-0.2, -0.15) is 0 Å². The second-order valence-corrected chi connectivity index (χ2v) is 5.76. The van der Waals surface area contributed by atoms with Crippen LogP contribution in [-0.2, 0) is 0 Å². The van der Waals surface area contributed by atoms with Gasteiger partial charge < -0.3 is 4.90 Å². The van der Waals surface area contributed by atoms with Crippen LogP contribution in [0.25, 0.3) is 0 Å². The Morgan fingerprint density at radius 1 is 1.15 bits per heavy atom. The SMILES string of the molecule is CC1CN(CC2CC3CCC2C3)C1. The lowest BCUT2D eigenvalue weighted by Gasteiger charge is -2.40. The van der Waals surface area contributed by atoms with Crippen LogP contribution < -0.4 is 0 Å². The Labute approximate surface area is 81.5 Å². The van der Waals surface area contributed by atoms with Gasteiger partial charge in [0.1, 0.15) is 0 Å². The molecule has 0 amide bonds. The third-order valence-electron chi connectivity index (χ3n) is 4.52. The predicted octanol–water partition coefficient (Wildman–Crippen LogP) is 2.37. The predicted molar refractivity (Wildman–Crippen MR) is 54.5 cm³/mol. The van der Waals surface area contributed by atoms with Gasteiger partial charge in [0.15, 0.2) is 0 Å². The lowest BCUT2D eigenvalue weighted by molar-refractivity contribution is 0.0786. The van der Waals surface area contributed by atoms with Crippen LogP contribution in [0.4, 0.5) is 0 Å². The van der Waals surface area contributed by atoms with Crippen molar-refractivity contribution in [3.05, 3.63) is 0 Å². The summed E-state index contributed by atoms with van der Waals surface area (Å²) in [7, 11) is 0. The lowest BCUT2D eigenvalue weighted by Crippen LogP contribution is -2.47. The molecule has 0 radical (unpaired) electrons. The third-order valence-corrected chi connectivity index (χ3v) is 4.52. The van der Waals surface area contributed by atoms with Crippen LogP contribution in [0.1, 0.15) is 32.6 Å². The van der Waals surface area contributed by atoms with Crippen LogP contribution >= 0.6 is 0 Å². The molecule has 2 saturated carbocycles. The van der Waals surface area contributed by atoms with Crippen molar-refractivity contribution in [2.75, 3.05) is 19.6 Å². The van der Waals surface area contributed by atoms with Crippen molar-refractivity contribution >= 4 is 0 Å². The Bertz CT molecular complexity index is 195. The molecule has 1 heterocycles. The molecule has 2 bridgehead atoms. The van der Waals surface area contributed by atoms with Crippen LogP contribution in [0.3, 0.4) is 0 Å². The van der Waals surface area contributed by atoms with E-state index in [1.54, 1.807) is 25.7 Å². The molecule has 3 unspecified atom stereocenters. The fourth-order valence-electron chi connectivity index (χ4n) is 3.91. The Hall–Kier alpha value is -0.0400. The first-order valence-corrected chi connectivity index (χ1v) is 6.03. The highest BCUT2D eigenvalue weighted by Gasteiger charge is 2.40. The average molecular weight is 179 g/mol. The van der Waals surface area contributed by atoms with Gasteiger partial charge in [0.05, 0.1) is 0 Å². The van der Waals surface area contributed by atoms with Crippen molar-refractivity contribution < 1.29 is 0 Å². The summed E-state index contributed by atoms with van der Waals surface area (Å²) in [6.45, 7) is 6.57. The molecular formula is C12H21N. The topological polar surface area (TPSA) is 3.24 Å². The van der Waals surface area contributed by atoms with Crippen LogP contribution in [-0.4, -0.2) is 24.5 Å². The fraction of sp³-hybridized carbons (Fsp3) is 1.00. The zero-order valence-corrected chi connectivity index (χ0v) is 8.71. The minimum atomic E-state index is 0.985. The molecule has 1 nitrogen and oxygen atoms in total. The van der Waals surface area contributed by atoms with E-state index in [1.807, 2.05) is 0 Å². The second kappa shape index (κ2) is 2.98. The lowest BCUT2D eigenvalue weighted by atomic mass is 9.87. The first-order valence-electron chi connectivity index (χ1n) is 6.03. The maximum absolute atomic E-state index is 2.68. The Morgan fingerprint density at radius 2 is 2.00 bits per heavy atom. The summed E-state index contributed by atoms with van der Waals surface area (Å²) in [5.74, 6) is 4.33. The van der Waals surface area contributed by atoms with E-state index in [-0.39, 0.29) is 0 Å². The van der Waals surface area contributed by atoms with Crippen molar-refractivity contribution in [2.45, 2.75) is 32.6 Å². The van der Waals surface area contributed by atoms with Crippen molar-refractivity contribution in [1.29, 1.82) is 0 Å². The summed E-state index contributed by atoms with van der Waals surface area (Å²) in [5.41, 5.74) is 0. The maximum Gasteiger partial charge on any atom is 0.00195 e. The van der Waals surface area contributed by atoms with Crippen LogP contribution in [0.2, 0.25) is 0 Å². The number of fused-ring (bicyclic) bond motifs is 2. The summed E-state index contributed by atoms with van der Waals surface area (Å²) < 4.78 is 0. The molecular weight excluding hydrogens is 158 g/mol. The van der Waals surface area contributed by atoms with Gasteiger partial charge in [0, 0.05) is 19.6 Å². The number of hydrogen-bond acceptors (Lipinski definition) is 1. The van der Waals surface area contributed by atoms with E-state index < -0.39 is 0 Å². The van der Waals surface area contributed by atoms with E-state index in [0.717, 1.165) is 23.7 Å². The molecule has 0 aromatic carbocycles. The van der Waals surface area contributed by atoms with Gasteiger partial charge in [-0.15, -0.1) is 0 Å². The molecule has 0 spiro atoms. The molecule has 1 saturated heterocycles. The van der Waals surface area contributed by atoms with Crippen LogP contribution in [0.5, 0.6) is 0 Å². The highest BCUT2D eigenvalue weighted by Crippen LogP contribution is 2.48. The van der Waals surface area contributed by atoms with Gasteiger partial charge in [-0.05, 0) is 42.9 Å². The van der Waals surface area contributed by atoms with E-state index in [4.69, 9.17) is 0 Å². The standard InChI is InChI=1S/C12H21N/c1-9-6-13(7-9)8-12-5-10-2-3-11(12)4-10/h9-12H,2-8H2,1H3. The number of likely N-dealkylation sites (tertiary alicyclic amines) is 1. The number of hydrogen-bond donors (Lipinski definition) is 0. The molecule has 3 atom stereocenters. The van der Waals surface area contributed by atoms with Gasteiger partial charge in [-0.25, -0.2) is 0 Å². The summed E-state index contributed by atoms with van der Waals surface area (Å²) in [5, 5.41) is 0. The molecule has 3 aliphatic rings. The minimum Gasteiger partial charge on any atom is -0.302 e. The van der Waals surface area contributed by atoms with Gasteiger partial charge in [-0.3, -0.25) is 0 Å². The van der Waals surface area contributed by atoms with Crippen LogP contribution in [0.15, 0.2) is 0 Å².